The predicted molar refractivity (Wildman–Crippen MR) is 73.7 cm³/mol. The Balaban J connectivity index is 1.80. The lowest BCUT2D eigenvalue weighted by atomic mass is 10.0. The van der Waals surface area contributed by atoms with Crippen LogP contribution in [0.25, 0.3) is 0 Å². The Labute approximate surface area is 108 Å². The minimum absolute atomic E-state index is 0.166. The number of hydrogen-bond donors (Lipinski definition) is 2. The molecular weight excluding hydrogens is 226 g/mol. The maximum Gasteiger partial charge on any atom is 0.225 e. The van der Waals surface area contributed by atoms with E-state index in [0.717, 1.165) is 13.1 Å². The monoisotopic (exact) mass is 247 g/mol. The van der Waals surface area contributed by atoms with Crippen LogP contribution in [0.3, 0.4) is 0 Å². The van der Waals surface area contributed by atoms with Crippen LogP contribution in [0.4, 0.5) is 5.69 Å². The summed E-state index contributed by atoms with van der Waals surface area (Å²) in [5.41, 5.74) is 1.17. The summed E-state index contributed by atoms with van der Waals surface area (Å²) >= 11 is 0. The first-order chi connectivity index (χ1) is 8.68. The summed E-state index contributed by atoms with van der Waals surface area (Å²) in [6, 6.07) is 10.5. The molecule has 1 aromatic rings. The van der Waals surface area contributed by atoms with E-state index in [1.54, 1.807) is 0 Å². The summed E-state index contributed by atoms with van der Waals surface area (Å²) in [6.07, 6.45) is 0. The summed E-state index contributed by atoms with van der Waals surface area (Å²) in [5, 5.41) is 6.12. The second kappa shape index (κ2) is 5.87. The van der Waals surface area contributed by atoms with E-state index in [9.17, 15) is 4.79 Å². The van der Waals surface area contributed by atoms with Crippen molar-refractivity contribution in [2.75, 3.05) is 31.6 Å². The van der Waals surface area contributed by atoms with Crippen molar-refractivity contribution in [3.05, 3.63) is 30.3 Å². The molecular formula is C14H21N3O. The molecule has 98 valence electrons. The lowest BCUT2D eigenvalue weighted by molar-refractivity contribution is -0.126. The van der Waals surface area contributed by atoms with Crippen LogP contribution in [-0.4, -0.2) is 38.6 Å². The normalized spacial score (nSPS) is 16.8. The highest BCUT2D eigenvalue weighted by Gasteiger charge is 2.24. The van der Waals surface area contributed by atoms with Crippen LogP contribution in [-0.2, 0) is 4.79 Å². The van der Waals surface area contributed by atoms with E-state index < -0.39 is 0 Å². The zero-order valence-corrected chi connectivity index (χ0v) is 11.0. The third kappa shape index (κ3) is 3.01. The first-order valence-electron chi connectivity index (χ1n) is 6.45. The maximum atomic E-state index is 11.7. The van der Waals surface area contributed by atoms with Gasteiger partial charge in [-0.15, -0.1) is 0 Å². The molecule has 1 heterocycles. The lowest BCUT2D eigenvalue weighted by Crippen LogP contribution is -2.52. The van der Waals surface area contributed by atoms with Crippen molar-refractivity contribution in [3.63, 3.8) is 0 Å². The first kappa shape index (κ1) is 12.9. The number of para-hydroxylation sites is 1. The smallest absolute Gasteiger partial charge is 0.225 e. The van der Waals surface area contributed by atoms with Crippen molar-refractivity contribution >= 4 is 11.6 Å². The van der Waals surface area contributed by atoms with Gasteiger partial charge in [-0.3, -0.25) is 4.79 Å². The molecule has 1 aliphatic rings. The van der Waals surface area contributed by atoms with Crippen molar-refractivity contribution in [1.29, 1.82) is 0 Å². The molecule has 2 rings (SSSR count). The number of carbonyl (C=O) groups excluding carboxylic acids is 1. The van der Waals surface area contributed by atoms with Crippen LogP contribution in [0.2, 0.25) is 0 Å². The molecule has 0 radical (unpaired) electrons. The van der Waals surface area contributed by atoms with Crippen molar-refractivity contribution in [2.45, 2.75) is 13.0 Å². The molecule has 4 nitrogen and oxygen atoms in total. The molecule has 0 aromatic heterocycles. The summed E-state index contributed by atoms with van der Waals surface area (Å²) in [7, 11) is 2.05. The number of benzene rings is 1. The van der Waals surface area contributed by atoms with Crippen LogP contribution in [0.15, 0.2) is 30.3 Å². The molecule has 1 aromatic carbocycles. The quantitative estimate of drug-likeness (QED) is 0.810. The number of amides is 1. The molecule has 1 saturated heterocycles. The largest absolute Gasteiger partial charge is 0.370 e. The van der Waals surface area contributed by atoms with Crippen molar-refractivity contribution in [3.8, 4) is 0 Å². The molecule has 1 unspecified atom stereocenters. The standard InChI is InChI=1S/C14H21N3O/c1-11(8-16-14(18)12-9-15-10-12)17(2)13-6-4-3-5-7-13/h3-7,11-12,15H,8-10H2,1-2H3,(H,16,18). The molecule has 1 atom stereocenters. The number of nitrogens with one attached hydrogen (secondary N) is 2. The summed E-state index contributed by atoms with van der Waals surface area (Å²) in [4.78, 5) is 13.9. The van der Waals surface area contributed by atoms with E-state index in [0.29, 0.717) is 6.54 Å². The molecule has 0 bridgehead atoms. The molecule has 1 aliphatic heterocycles. The van der Waals surface area contributed by atoms with Crippen LogP contribution in [0, 0.1) is 5.92 Å². The Hall–Kier alpha value is -1.55. The molecule has 0 aliphatic carbocycles. The Bertz CT molecular complexity index is 389. The van der Waals surface area contributed by atoms with E-state index in [4.69, 9.17) is 0 Å². The number of rotatable bonds is 5. The second-order valence-corrected chi connectivity index (χ2v) is 4.90. The van der Waals surface area contributed by atoms with E-state index >= 15 is 0 Å². The fourth-order valence-electron chi connectivity index (χ4n) is 1.92. The zero-order valence-electron chi connectivity index (χ0n) is 11.0. The Kier molecular flexibility index (Phi) is 4.20. The summed E-state index contributed by atoms with van der Waals surface area (Å²) < 4.78 is 0. The van der Waals surface area contributed by atoms with Gasteiger partial charge < -0.3 is 15.5 Å². The van der Waals surface area contributed by atoms with Gasteiger partial charge in [0.2, 0.25) is 5.91 Å². The lowest BCUT2D eigenvalue weighted by Gasteiger charge is -2.30. The maximum absolute atomic E-state index is 11.7. The van der Waals surface area contributed by atoms with Gasteiger partial charge in [-0.25, -0.2) is 0 Å². The van der Waals surface area contributed by atoms with Crippen LogP contribution >= 0.6 is 0 Å². The van der Waals surface area contributed by atoms with Gasteiger partial charge in [-0.1, -0.05) is 18.2 Å². The molecule has 1 fully saturated rings. The van der Waals surface area contributed by atoms with Gasteiger partial charge in [0, 0.05) is 38.4 Å². The van der Waals surface area contributed by atoms with Crippen LogP contribution in [0.5, 0.6) is 0 Å². The second-order valence-electron chi connectivity index (χ2n) is 4.90. The highest BCUT2D eigenvalue weighted by molar-refractivity contribution is 5.80. The third-order valence-electron chi connectivity index (χ3n) is 3.55. The molecule has 18 heavy (non-hydrogen) atoms. The van der Waals surface area contributed by atoms with Crippen molar-refractivity contribution < 1.29 is 4.79 Å². The van der Waals surface area contributed by atoms with E-state index in [1.165, 1.54) is 5.69 Å². The summed E-state index contributed by atoms with van der Waals surface area (Å²) in [5.74, 6) is 0.335. The average molecular weight is 247 g/mol. The zero-order chi connectivity index (χ0) is 13.0. The van der Waals surface area contributed by atoms with Gasteiger partial charge >= 0.3 is 0 Å². The number of hydrogen-bond acceptors (Lipinski definition) is 3. The van der Waals surface area contributed by atoms with E-state index in [2.05, 4.69) is 41.6 Å². The van der Waals surface area contributed by atoms with Crippen LogP contribution in [0.1, 0.15) is 6.92 Å². The predicted octanol–water partition coefficient (Wildman–Crippen LogP) is 0.847. The molecule has 0 spiro atoms. The highest BCUT2D eigenvalue weighted by Crippen LogP contribution is 2.13. The third-order valence-corrected chi connectivity index (χ3v) is 3.55. The van der Waals surface area contributed by atoms with Gasteiger partial charge in [0.15, 0.2) is 0 Å². The van der Waals surface area contributed by atoms with Gasteiger partial charge in [0.25, 0.3) is 0 Å². The minimum Gasteiger partial charge on any atom is -0.370 e. The molecule has 2 N–H and O–H groups in total. The van der Waals surface area contributed by atoms with E-state index in [-0.39, 0.29) is 17.9 Å². The van der Waals surface area contributed by atoms with E-state index in [1.807, 2.05) is 18.2 Å². The Morgan fingerprint density at radius 2 is 2.11 bits per heavy atom. The number of anilines is 1. The number of likely N-dealkylation sites (N-methyl/N-ethyl adjacent to an activating group) is 1. The van der Waals surface area contributed by atoms with Gasteiger partial charge in [0.1, 0.15) is 0 Å². The van der Waals surface area contributed by atoms with Crippen molar-refractivity contribution in [2.24, 2.45) is 5.92 Å². The highest BCUT2D eigenvalue weighted by atomic mass is 16.2. The van der Waals surface area contributed by atoms with Crippen LogP contribution < -0.4 is 15.5 Å². The Morgan fingerprint density at radius 1 is 1.44 bits per heavy atom. The fourth-order valence-corrected chi connectivity index (χ4v) is 1.92. The topological polar surface area (TPSA) is 44.4 Å². The molecule has 0 saturated carbocycles. The molecule has 4 heteroatoms. The van der Waals surface area contributed by atoms with Gasteiger partial charge in [-0.2, -0.15) is 0 Å². The average Bonchev–Trinajstić information content (AvgIpc) is 2.34. The first-order valence-corrected chi connectivity index (χ1v) is 6.45. The SMILES string of the molecule is CC(CNC(=O)C1CNC1)N(C)c1ccccc1. The molecule has 1 amide bonds. The van der Waals surface area contributed by atoms with Gasteiger partial charge in [0.05, 0.1) is 5.92 Å². The van der Waals surface area contributed by atoms with Gasteiger partial charge in [-0.05, 0) is 19.1 Å². The minimum atomic E-state index is 0.166. The number of nitrogens with zero attached hydrogens (tertiary/aromatic N) is 1. The fraction of sp³-hybridized carbons (Fsp3) is 0.500. The van der Waals surface area contributed by atoms with Crippen molar-refractivity contribution in [1.82, 2.24) is 10.6 Å². The summed E-state index contributed by atoms with van der Waals surface area (Å²) in [6.45, 7) is 4.43. The number of carbonyl (C=O) groups is 1. The Morgan fingerprint density at radius 3 is 2.67 bits per heavy atom.